The number of rotatable bonds is 13. The number of carboxylic acids is 1. The topological polar surface area (TPSA) is 234 Å². The lowest BCUT2D eigenvalue weighted by Crippen LogP contribution is -2.62. The fraction of sp³-hybridized carbons (Fsp3) is 0.688. The lowest BCUT2D eigenvalue weighted by Gasteiger charge is -2.27. The molecule has 0 heterocycles. The number of carbonyl (C=O) groups is 5. The van der Waals surface area contributed by atoms with Gasteiger partial charge in [0.25, 0.3) is 0 Å². The van der Waals surface area contributed by atoms with E-state index in [0.29, 0.717) is 0 Å². The molecule has 6 atom stereocenters. The normalized spacial score (nSPS) is 16.9. The third kappa shape index (κ3) is 9.39. The molecule has 0 fully saturated rings. The molecule has 0 aromatic heterocycles. The van der Waals surface area contributed by atoms with Gasteiger partial charge in [0.05, 0.1) is 18.2 Å². The van der Waals surface area contributed by atoms with Crippen LogP contribution in [0.3, 0.4) is 0 Å². The van der Waals surface area contributed by atoms with Crippen molar-refractivity contribution < 1.29 is 39.3 Å². The highest BCUT2D eigenvalue weighted by molar-refractivity contribution is 7.80. The number of carbonyl (C=O) groups excluding carboxylic acids is 4. The van der Waals surface area contributed by atoms with E-state index in [0.717, 1.165) is 0 Å². The molecule has 0 rings (SSSR count). The van der Waals surface area contributed by atoms with Gasteiger partial charge in [-0.1, -0.05) is 0 Å². The summed E-state index contributed by atoms with van der Waals surface area (Å²) in [6.45, 7) is 2.37. The minimum absolute atomic E-state index is 0.0890. The van der Waals surface area contributed by atoms with Crippen LogP contribution in [0.25, 0.3) is 0 Å². The van der Waals surface area contributed by atoms with Crippen LogP contribution in [0, 0.1) is 0 Å². The van der Waals surface area contributed by atoms with E-state index in [1.54, 1.807) is 0 Å². The Hall–Kier alpha value is -2.42. The Kier molecular flexibility index (Phi) is 11.9. The summed E-state index contributed by atoms with van der Waals surface area (Å²) in [4.78, 5) is 58.7. The first-order valence-corrected chi connectivity index (χ1v) is 9.59. The number of carboxylic acid groups (broad SMARTS) is 1. The average Bonchev–Trinajstić information content (AvgIpc) is 2.64. The maximum Gasteiger partial charge on any atom is 0.327 e. The predicted molar refractivity (Wildman–Crippen MR) is 107 cm³/mol. The zero-order valence-electron chi connectivity index (χ0n) is 16.6. The summed E-state index contributed by atoms with van der Waals surface area (Å²) in [5, 5.41) is 35.1. The number of hydrogen-bond donors (Lipinski definition) is 9. The molecular weight excluding hydrogens is 422 g/mol. The van der Waals surface area contributed by atoms with Crippen LogP contribution >= 0.6 is 12.6 Å². The average molecular weight is 452 g/mol. The Bertz CT molecular complexity index is 645. The highest BCUT2D eigenvalue weighted by atomic mass is 32.1. The van der Waals surface area contributed by atoms with E-state index in [1.807, 2.05) is 0 Å². The Labute approximate surface area is 178 Å². The molecule has 0 aromatic rings. The fourth-order valence-electron chi connectivity index (χ4n) is 2.19. The van der Waals surface area contributed by atoms with Crippen LogP contribution in [0.1, 0.15) is 26.7 Å². The smallest absolute Gasteiger partial charge is 0.327 e. The van der Waals surface area contributed by atoms with E-state index in [9.17, 15) is 34.2 Å². The molecule has 172 valence electrons. The van der Waals surface area contributed by atoms with Crippen molar-refractivity contribution in [2.75, 3.05) is 5.75 Å². The number of amides is 4. The lowest BCUT2D eigenvalue weighted by atomic mass is 10.1. The number of aliphatic hydroxyl groups excluding tert-OH is 2. The molecule has 0 aliphatic carbocycles. The maximum absolute atomic E-state index is 12.5. The summed E-state index contributed by atoms with van der Waals surface area (Å²) in [6, 6.07) is -5.68. The standard InChI is InChI=1S/C16H29N5O8S/c1-6(22)11(14(26)19-9(5-30)16(28)29)21-15(27)12(7(2)23)20-13(25)8(17)3-4-10(18)24/h6-9,11-12,22-23,30H,3-5,17H2,1-2H3,(H2,18,24)(H,19,26)(H,20,25)(H,21,27)(H,28,29). The highest BCUT2D eigenvalue weighted by Gasteiger charge is 2.34. The van der Waals surface area contributed by atoms with Gasteiger partial charge in [0.2, 0.25) is 23.6 Å². The molecule has 10 N–H and O–H groups in total. The molecular formula is C16H29N5O8S. The predicted octanol–water partition coefficient (Wildman–Crippen LogP) is -4.19. The number of aliphatic carboxylic acids is 1. The quantitative estimate of drug-likeness (QED) is 0.123. The highest BCUT2D eigenvalue weighted by Crippen LogP contribution is 2.02. The van der Waals surface area contributed by atoms with E-state index in [-0.39, 0.29) is 18.6 Å². The largest absolute Gasteiger partial charge is 0.480 e. The number of aliphatic hydroxyl groups is 2. The second-order valence-electron chi connectivity index (χ2n) is 6.65. The monoisotopic (exact) mass is 451 g/mol. The van der Waals surface area contributed by atoms with Gasteiger partial charge in [-0.2, -0.15) is 12.6 Å². The summed E-state index contributed by atoms with van der Waals surface area (Å²) in [7, 11) is 0. The molecule has 0 bridgehead atoms. The molecule has 0 saturated carbocycles. The molecule has 30 heavy (non-hydrogen) atoms. The van der Waals surface area contributed by atoms with Gasteiger partial charge in [0, 0.05) is 12.2 Å². The lowest BCUT2D eigenvalue weighted by molar-refractivity contribution is -0.142. The van der Waals surface area contributed by atoms with Crippen LogP contribution in [-0.4, -0.2) is 87.0 Å². The molecule has 14 heteroatoms. The van der Waals surface area contributed by atoms with Crippen LogP contribution in [0.2, 0.25) is 0 Å². The SMILES string of the molecule is CC(O)C(NC(=O)C(N)CCC(N)=O)C(=O)NC(C(=O)NC(CS)C(=O)O)C(C)O. The first-order valence-electron chi connectivity index (χ1n) is 8.96. The van der Waals surface area contributed by atoms with Gasteiger partial charge in [-0.25, -0.2) is 4.79 Å². The van der Waals surface area contributed by atoms with Crippen molar-refractivity contribution in [2.24, 2.45) is 11.5 Å². The second kappa shape index (κ2) is 13.0. The van der Waals surface area contributed by atoms with Gasteiger partial charge in [-0.3, -0.25) is 19.2 Å². The number of nitrogens with one attached hydrogen (secondary N) is 3. The van der Waals surface area contributed by atoms with Gasteiger partial charge in [0.15, 0.2) is 0 Å². The van der Waals surface area contributed by atoms with Crippen LogP contribution in [0.5, 0.6) is 0 Å². The molecule has 6 unspecified atom stereocenters. The summed E-state index contributed by atoms with van der Waals surface area (Å²) in [5.41, 5.74) is 10.6. The molecule has 0 saturated heterocycles. The first kappa shape index (κ1) is 27.6. The minimum Gasteiger partial charge on any atom is -0.480 e. The Morgan fingerprint density at radius 3 is 1.70 bits per heavy atom. The van der Waals surface area contributed by atoms with Crippen molar-refractivity contribution in [3.05, 3.63) is 0 Å². The zero-order valence-corrected chi connectivity index (χ0v) is 17.5. The van der Waals surface area contributed by atoms with E-state index in [2.05, 4.69) is 28.6 Å². The molecule has 0 aliphatic heterocycles. The second-order valence-corrected chi connectivity index (χ2v) is 7.01. The molecule has 13 nitrogen and oxygen atoms in total. The Balaban J connectivity index is 5.23. The van der Waals surface area contributed by atoms with Crippen molar-refractivity contribution in [1.82, 2.24) is 16.0 Å². The van der Waals surface area contributed by atoms with Gasteiger partial charge in [-0.05, 0) is 20.3 Å². The number of thiol groups is 1. The van der Waals surface area contributed by atoms with E-state index in [4.69, 9.17) is 16.6 Å². The Morgan fingerprint density at radius 1 is 0.900 bits per heavy atom. The van der Waals surface area contributed by atoms with Gasteiger partial charge in [-0.15, -0.1) is 0 Å². The first-order chi connectivity index (χ1) is 13.8. The summed E-state index contributed by atoms with van der Waals surface area (Å²) in [5.74, 6) is -5.16. The van der Waals surface area contributed by atoms with E-state index < -0.39 is 66.0 Å². The molecule has 0 aromatic carbocycles. The number of nitrogens with two attached hydrogens (primary N) is 2. The fourth-order valence-corrected chi connectivity index (χ4v) is 2.44. The van der Waals surface area contributed by atoms with Gasteiger partial charge >= 0.3 is 5.97 Å². The van der Waals surface area contributed by atoms with Crippen LogP contribution in [0.4, 0.5) is 0 Å². The van der Waals surface area contributed by atoms with Crippen molar-refractivity contribution >= 4 is 42.2 Å². The summed E-state index contributed by atoms with van der Waals surface area (Å²) in [6.07, 6.45) is -3.11. The van der Waals surface area contributed by atoms with Gasteiger partial charge < -0.3 is 42.7 Å². The third-order valence-corrected chi connectivity index (χ3v) is 4.33. The molecule has 0 spiro atoms. The number of primary amides is 1. The molecule has 4 amide bonds. The van der Waals surface area contributed by atoms with Crippen molar-refractivity contribution in [2.45, 2.75) is 63.1 Å². The van der Waals surface area contributed by atoms with Crippen LogP contribution in [0.15, 0.2) is 0 Å². The number of hydrogen-bond acceptors (Lipinski definition) is 9. The van der Waals surface area contributed by atoms with E-state index >= 15 is 0 Å². The minimum atomic E-state index is -1.58. The summed E-state index contributed by atoms with van der Waals surface area (Å²) < 4.78 is 0. The van der Waals surface area contributed by atoms with E-state index in [1.165, 1.54) is 13.8 Å². The van der Waals surface area contributed by atoms with Gasteiger partial charge in [0.1, 0.15) is 18.1 Å². The van der Waals surface area contributed by atoms with Crippen molar-refractivity contribution in [1.29, 1.82) is 0 Å². The third-order valence-electron chi connectivity index (χ3n) is 3.96. The zero-order chi connectivity index (χ0) is 23.6. The van der Waals surface area contributed by atoms with Crippen LogP contribution < -0.4 is 27.4 Å². The molecule has 0 aliphatic rings. The van der Waals surface area contributed by atoms with Crippen LogP contribution in [-0.2, 0) is 24.0 Å². The maximum atomic E-state index is 12.5. The van der Waals surface area contributed by atoms with Crippen molar-refractivity contribution in [3.8, 4) is 0 Å². The van der Waals surface area contributed by atoms with Crippen molar-refractivity contribution in [3.63, 3.8) is 0 Å². The Morgan fingerprint density at radius 2 is 1.33 bits per heavy atom. The summed E-state index contributed by atoms with van der Waals surface area (Å²) >= 11 is 3.80. The molecule has 0 radical (unpaired) electrons.